The van der Waals surface area contributed by atoms with E-state index in [1.807, 2.05) is 0 Å². The molecule has 0 unspecified atom stereocenters. The molecule has 122 valence electrons. The zero-order chi connectivity index (χ0) is 16.7. The Morgan fingerprint density at radius 1 is 1.30 bits per heavy atom. The van der Waals surface area contributed by atoms with Crippen molar-refractivity contribution in [1.29, 1.82) is 0 Å². The number of carboxylic acid groups (broad SMARTS) is 1. The quantitative estimate of drug-likeness (QED) is 0.819. The molecule has 0 heterocycles. The third kappa shape index (κ3) is 4.75. The van der Waals surface area contributed by atoms with Gasteiger partial charge in [0.1, 0.15) is 5.75 Å². The lowest BCUT2D eigenvalue weighted by molar-refractivity contribution is -0.139. The van der Waals surface area contributed by atoms with E-state index in [1.54, 1.807) is 29.2 Å². The summed E-state index contributed by atoms with van der Waals surface area (Å²) in [6, 6.07) is 6.75. The Morgan fingerprint density at radius 3 is 2.70 bits per heavy atom. The molecule has 1 fully saturated rings. The number of ether oxygens (including phenoxy) is 1. The molecular weight excluding hydrogens is 294 g/mol. The number of rotatable bonds is 6. The molecule has 23 heavy (non-hydrogen) atoms. The van der Waals surface area contributed by atoms with Gasteiger partial charge in [-0.05, 0) is 31.0 Å². The molecule has 1 saturated carbocycles. The van der Waals surface area contributed by atoms with E-state index in [1.165, 1.54) is 6.42 Å². The fourth-order valence-electron chi connectivity index (χ4n) is 2.89. The first-order chi connectivity index (χ1) is 11.1. The number of nitrogens with zero attached hydrogens (tertiary/aromatic N) is 1. The number of carbonyl (C=O) groups excluding carboxylic acids is 1. The number of aliphatic carboxylic acids is 1. The van der Waals surface area contributed by atoms with Crippen LogP contribution in [0, 0.1) is 12.3 Å². The molecule has 5 nitrogen and oxygen atoms in total. The zero-order valence-corrected chi connectivity index (χ0v) is 13.0. The first-order valence-corrected chi connectivity index (χ1v) is 7.81. The molecule has 0 aromatic heterocycles. The summed E-state index contributed by atoms with van der Waals surface area (Å²) in [7, 11) is 0. The van der Waals surface area contributed by atoms with Crippen molar-refractivity contribution in [2.24, 2.45) is 0 Å². The Bertz CT molecular complexity index is 599. The standard InChI is InChI=1S/C18H21NO4/c1-2-11-19(15-8-4-3-5-9-15)18(22)14-7-6-10-16(12-14)23-13-17(20)21/h1,6-7,10,12,15H,3-5,8-9,11,13H2,(H,20,21). The molecular formula is C18H21NO4. The van der Waals surface area contributed by atoms with Crippen LogP contribution in [0.1, 0.15) is 42.5 Å². The van der Waals surface area contributed by atoms with Gasteiger partial charge in [-0.1, -0.05) is 31.2 Å². The molecule has 0 aliphatic heterocycles. The van der Waals surface area contributed by atoms with E-state index < -0.39 is 12.6 Å². The number of carbonyl (C=O) groups is 2. The molecule has 0 radical (unpaired) electrons. The maximum Gasteiger partial charge on any atom is 0.341 e. The number of hydrogen-bond donors (Lipinski definition) is 1. The van der Waals surface area contributed by atoms with Crippen LogP contribution in [-0.2, 0) is 4.79 Å². The number of amides is 1. The minimum atomic E-state index is -1.06. The maximum absolute atomic E-state index is 12.8. The smallest absolute Gasteiger partial charge is 0.341 e. The summed E-state index contributed by atoms with van der Waals surface area (Å²) in [5, 5.41) is 8.66. The Kier molecular flexibility index (Phi) is 6.04. The highest BCUT2D eigenvalue weighted by Crippen LogP contribution is 2.24. The molecule has 0 spiro atoms. The van der Waals surface area contributed by atoms with Gasteiger partial charge in [-0.3, -0.25) is 4.79 Å². The van der Waals surface area contributed by atoms with E-state index >= 15 is 0 Å². The minimum Gasteiger partial charge on any atom is -0.482 e. The second-order valence-corrected chi connectivity index (χ2v) is 5.64. The largest absolute Gasteiger partial charge is 0.482 e. The van der Waals surface area contributed by atoms with Crippen molar-refractivity contribution in [2.45, 2.75) is 38.1 Å². The summed E-state index contributed by atoms with van der Waals surface area (Å²) in [5.41, 5.74) is 0.466. The molecule has 0 saturated heterocycles. The van der Waals surface area contributed by atoms with Crippen LogP contribution in [0.4, 0.5) is 0 Å². The first-order valence-electron chi connectivity index (χ1n) is 7.81. The lowest BCUT2D eigenvalue weighted by atomic mass is 9.93. The molecule has 1 N–H and O–H groups in total. The monoisotopic (exact) mass is 315 g/mol. The molecule has 1 amide bonds. The molecule has 1 aliphatic rings. The van der Waals surface area contributed by atoms with Gasteiger partial charge in [-0.2, -0.15) is 0 Å². The topological polar surface area (TPSA) is 66.8 Å². The summed E-state index contributed by atoms with van der Waals surface area (Å²) in [6.07, 6.45) is 10.8. The van der Waals surface area contributed by atoms with Crippen LogP contribution in [0.2, 0.25) is 0 Å². The van der Waals surface area contributed by atoms with Crippen molar-refractivity contribution in [1.82, 2.24) is 4.90 Å². The molecule has 1 aliphatic carbocycles. The average molecular weight is 315 g/mol. The number of terminal acetylenes is 1. The van der Waals surface area contributed by atoms with Crippen molar-refractivity contribution < 1.29 is 19.4 Å². The van der Waals surface area contributed by atoms with Crippen molar-refractivity contribution in [2.75, 3.05) is 13.2 Å². The fourth-order valence-corrected chi connectivity index (χ4v) is 2.89. The van der Waals surface area contributed by atoms with Gasteiger partial charge in [0.2, 0.25) is 0 Å². The highest BCUT2D eigenvalue weighted by molar-refractivity contribution is 5.95. The molecule has 1 aromatic carbocycles. The van der Waals surface area contributed by atoms with E-state index in [0.717, 1.165) is 25.7 Å². The Balaban J connectivity index is 2.13. The summed E-state index contributed by atoms with van der Waals surface area (Å²) in [5.74, 6) is 1.74. The van der Waals surface area contributed by atoms with E-state index in [0.29, 0.717) is 11.3 Å². The van der Waals surface area contributed by atoms with Crippen molar-refractivity contribution >= 4 is 11.9 Å². The Morgan fingerprint density at radius 2 is 2.04 bits per heavy atom. The summed E-state index contributed by atoms with van der Waals surface area (Å²) in [4.78, 5) is 25.1. The van der Waals surface area contributed by atoms with Crippen LogP contribution in [0.15, 0.2) is 24.3 Å². The van der Waals surface area contributed by atoms with Crippen LogP contribution < -0.4 is 4.74 Å². The number of hydrogen-bond acceptors (Lipinski definition) is 3. The zero-order valence-electron chi connectivity index (χ0n) is 13.0. The average Bonchev–Trinajstić information content (AvgIpc) is 2.58. The Hall–Kier alpha value is -2.48. The first kappa shape index (κ1) is 16.9. The molecule has 0 bridgehead atoms. The molecule has 2 rings (SSSR count). The lowest BCUT2D eigenvalue weighted by Crippen LogP contribution is -2.41. The van der Waals surface area contributed by atoms with Gasteiger partial charge in [0.25, 0.3) is 5.91 Å². The lowest BCUT2D eigenvalue weighted by Gasteiger charge is -2.33. The minimum absolute atomic E-state index is 0.129. The van der Waals surface area contributed by atoms with Crippen LogP contribution in [0.25, 0.3) is 0 Å². The van der Waals surface area contributed by atoms with Gasteiger partial charge in [0.15, 0.2) is 6.61 Å². The van der Waals surface area contributed by atoms with Gasteiger partial charge >= 0.3 is 5.97 Å². The Labute approximate surface area is 136 Å². The van der Waals surface area contributed by atoms with Crippen molar-refractivity contribution in [3.63, 3.8) is 0 Å². The predicted octanol–water partition coefficient (Wildman–Crippen LogP) is 2.56. The molecule has 1 aromatic rings. The predicted molar refractivity (Wildman–Crippen MR) is 86.3 cm³/mol. The summed E-state index contributed by atoms with van der Waals surface area (Å²) >= 11 is 0. The van der Waals surface area contributed by atoms with E-state index in [4.69, 9.17) is 16.3 Å². The number of carboxylic acids is 1. The second kappa shape index (κ2) is 8.23. The normalized spacial score (nSPS) is 14.7. The summed E-state index contributed by atoms with van der Waals surface area (Å²) < 4.78 is 5.13. The van der Waals surface area contributed by atoms with E-state index in [9.17, 15) is 9.59 Å². The van der Waals surface area contributed by atoms with Gasteiger partial charge in [-0.15, -0.1) is 6.42 Å². The van der Waals surface area contributed by atoms with E-state index in [-0.39, 0.29) is 18.5 Å². The SMILES string of the molecule is C#CCN(C(=O)c1cccc(OCC(=O)O)c1)C1CCCCC1. The fraction of sp³-hybridized carbons (Fsp3) is 0.444. The van der Waals surface area contributed by atoms with Gasteiger partial charge in [0, 0.05) is 11.6 Å². The highest BCUT2D eigenvalue weighted by atomic mass is 16.5. The third-order valence-electron chi connectivity index (χ3n) is 3.98. The van der Waals surface area contributed by atoms with Gasteiger partial charge in [0.05, 0.1) is 6.54 Å². The third-order valence-corrected chi connectivity index (χ3v) is 3.98. The molecule has 0 atom stereocenters. The van der Waals surface area contributed by atoms with E-state index in [2.05, 4.69) is 5.92 Å². The number of benzene rings is 1. The highest BCUT2D eigenvalue weighted by Gasteiger charge is 2.25. The van der Waals surface area contributed by atoms with Gasteiger partial charge < -0.3 is 14.7 Å². The van der Waals surface area contributed by atoms with Gasteiger partial charge in [-0.25, -0.2) is 4.79 Å². The summed E-state index contributed by atoms with van der Waals surface area (Å²) in [6.45, 7) is -0.155. The molecule has 5 heteroatoms. The van der Waals surface area contributed by atoms with Crippen LogP contribution in [0.3, 0.4) is 0 Å². The van der Waals surface area contributed by atoms with Crippen LogP contribution in [-0.4, -0.2) is 41.1 Å². The second-order valence-electron chi connectivity index (χ2n) is 5.64. The van der Waals surface area contributed by atoms with Crippen LogP contribution >= 0.6 is 0 Å². The van der Waals surface area contributed by atoms with Crippen molar-refractivity contribution in [3.8, 4) is 18.1 Å². The van der Waals surface area contributed by atoms with Crippen molar-refractivity contribution in [3.05, 3.63) is 29.8 Å². The van der Waals surface area contributed by atoms with Crippen LogP contribution in [0.5, 0.6) is 5.75 Å². The maximum atomic E-state index is 12.8.